The van der Waals surface area contributed by atoms with Gasteiger partial charge in [-0.25, -0.2) is 0 Å². The number of fused-ring (bicyclic) bond motifs is 1. The lowest BCUT2D eigenvalue weighted by atomic mass is 9.78. The molecule has 0 fully saturated rings. The van der Waals surface area contributed by atoms with E-state index in [2.05, 4.69) is 43.5 Å². The van der Waals surface area contributed by atoms with Gasteiger partial charge < -0.3 is 0 Å². The summed E-state index contributed by atoms with van der Waals surface area (Å²) in [5.74, 6) is 6.94. The molecule has 0 radical (unpaired) electrons. The molecule has 94 valence electrons. The van der Waals surface area contributed by atoms with Crippen LogP contribution in [0, 0.1) is 5.92 Å². The smallest absolute Gasteiger partial charge is 0.0239 e. The Morgan fingerprint density at radius 2 is 2.12 bits per heavy atom. The average molecular weight is 232 g/mol. The molecular weight excluding hydrogens is 208 g/mol. The van der Waals surface area contributed by atoms with E-state index in [1.807, 2.05) is 0 Å². The van der Waals surface area contributed by atoms with Crippen molar-refractivity contribution in [3.8, 4) is 0 Å². The van der Waals surface area contributed by atoms with E-state index in [0.29, 0.717) is 17.9 Å². The van der Waals surface area contributed by atoms with Crippen molar-refractivity contribution in [3.63, 3.8) is 0 Å². The fourth-order valence-electron chi connectivity index (χ4n) is 2.94. The Hall–Kier alpha value is -0.860. The van der Waals surface area contributed by atoms with Crippen molar-refractivity contribution in [3.05, 3.63) is 35.4 Å². The highest BCUT2D eigenvalue weighted by atomic mass is 15.2. The molecule has 2 unspecified atom stereocenters. The number of nitrogens with one attached hydrogen (secondary N) is 1. The molecule has 1 aromatic carbocycles. The van der Waals surface area contributed by atoms with Crippen LogP contribution in [0.5, 0.6) is 0 Å². The van der Waals surface area contributed by atoms with Gasteiger partial charge in [0.15, 0.2) is 0 Å². The van der Waals surface area contributed by atoms with Gasteiger partial charge in [-0.15, -0.1) is 0 Å². The fraction of sp³-hybridized carbons (Fsp3) is 0.600. The molecule has 2 rings (SSSR count). The minimum Gasteiger partial charge on any atom is -0.271 e. The van der Waals surface area contributed by atoms with Gasteiger partial charge in [-0.3, -0.25) is 11.3 Å². The highest BCUT2D eigenvalue weighted by Gasteiger charge is 2.24. The van der Waals surface area contributed by atoms with Gasteiger partial charge in [-0.1, -0.05) is 38.1 Å². The first-order valence-electron chi connectivity index (χ1n) is 6.76. The number of hydrogen-bond acceptors (Lipinski definition) is 2. The Kier molecular flexibility index (Phi) is 4.19. The van der Waals surface area contributed by atoms with Crippen LogP contribution >= 0.6 is 0 Å². The molecule has 2 atom stereocenters. The van der Waals surface area contributed by atoms with Gasteiger partial charge in [-0.05, 0) is 48.6 Å². The van der Waals surface area contributed by atoms with E-state index in [9.17, 15) is 0 Å². The zero-order valence-electron chi connectivity index (χ0n) is 10.9. The summed E-state index contributed by atoms with van der Waals surface area (Å²) in [7, 11) is 0. The molecule has 2 heteroatoms. The second kappa shape index (κ2) is 5.65. The lowest BCUT2D eigenvalue weighted by Crippen LogP contribution is -2.40. The van der Waals surface area contributed by atoms with E-state index < -0.39 is 0 Å². The minimum absolute atomic E-state index is 0.422. The van der Waals surface area contributed by atoms with Crippen molar-refractivity contribution in [2.24, 2.45) is 11.8 Å². The number of aryl methyl sites for hydroxylation is 1. The van der Waals surface area contributed by atoms with Crippen molar-refractivity contribution in [1.82, 2.24) is 5.43 Å². The van der Waals surface area contributed by atoms with Gasteiger partial charge in [0.05, 0.1) is 0 Å². The van der Waals surface area contributed by atoms with Crippen LogP contribution < -0.4 is 11.3 Å². The molecule has 0 aromatic heterocycles. The lowest BCUT2D eigenvalue weighted by Gasteiger charge is -2.30. The largest absolute Gasteiger partial charge is 0.271 e. The second-order valence-electron chi connectivity index (χ2n) is 5.54. The SMILES string of the molecule is CC(C)C(CC1CCCc2ccccc21)NN. The summed E-state index contributed by atoms with van der Waals surface area (Å²) in [6.07, 6.45) is 5.03. The van der Waals surface area contributed by atoms with E-state index >= 15 is 0 Å². The van der Waals surface area contributed by atoms with E-state index in [0.717, 1.165) is 6.42 Å². The molecule has 0 heterocycles. The number of rotatable bonds is 4. The maximum atomic E-state index is 5.66. The monoisotopic (exact) mass is 232 g/mol. The molecule has 0 spiro atoms. The van der Waals surface area contributed by atoms with Gasteiger partial charge in [-0.2, -0.15) is 0 Å². The quantitative estimate of drug-likeness (QED) is 0.618. The second-order valence-corrected chi connectivity index (χ2v) is 5.54. The normalized spacial score (nSPS) is 21.3. The summed E-state index contributed by atoms with van der Waals surface area (Å²) in [6, 6.07) is 9.32. The summed E-state index contributed by atoms with van der Waals surface area (Å²) in [5.41, 5.74) is 6.08. The summed E-state index contributed by atoms with van der Waals surface area (Å²) in [4.78, 5) is 0. The standard InChI is InChI=1S/C15H24N2/c1-11(2)15(17-16)10-13-8-5-7-12-6-3-4-9-14(12)13/h3-4,6,9,11,13,15,17H,5,7-8,10,16H2,1-2H3. The third-order valence-corrected chi connectivity index (χ3v) is 4.05. The van der Waals surface area contributed by atoms with E-state index in [1.54, 1.807) is 11.1 Å². The summed E-state index contributed by atoms with van der Waals surface area (Å²) < 4.78 is 0. The Morgan fingerprint density at radius 1 is 1.35 bits per heavy atom. The van der Waals surface area contributed by atoms with Crippen molar-refractivity contribution in [2.45, 2.75) is 51.5 Å². The molecule has 1 aliphatic carbocycles. The minimum atomic E-state index is 0.422. The van der Waals surface area contributed by atoms with Crippen LogP contribution in [-0.2, 0) is 6.42 Å². The molecular formula is C15H24N2. The molecule has 0 bridgehead atoms. The molecule has 17 heavy (non-hydrogen) atoms. The molecule has 0 aliphatic heterocycles. The van der Waals surface area contributed by atoms with Crippen LogP contribution in [0.15, 0.2) is 24.3 Å². The van der Waals surface area contributed by atoms with Crippen LogP contribution in [0.25, 0.3) is 0 Å². The molecule has 0 amide bonds. The van der Waals surface area contributed by atoms with Crippen LogP contribution in [0.1, 0.15) is 50.2 Å². The highest BCUT2D eigenvalue weighted by molar-refractivity contribution is 5.32. The number of hydrogen-bond donors (Lipinski definition) is 2. The van der Waals surface area contributed by atoms with Crippen molar-refractivity contribution in [1.29, 1.82) is 0 Å². The van der Waals surface area contributed by atoms with Gasteiger partial charge in [0.25, 0.3) is 0 Å². The zero-order chi connectivity index (χ0) is 12.3. The lowest BCUT2D eigenvalue weighted by molar-refractivity contribution is 0.343. The third-order valence-electron chi connectivity index (χ3n) is 4.05. The van der Waals surface area contributed by atoms with Crippen LogP contribution in [0.2, 0.25) is 0 Å². The first-order valence-corrected chi connectivity index (χ1v) is 6.76. The molecule has 1 aliphatic rings. The molecule has 0 saturated carbocycles. The third kappa shape index (κ3) is 2.88. The predicted octanol–water partition coefficient (Wildman–Crippen LogP) is 2.98. The first-order chi connectivity index (χ1) is 8.22. The predicted molar refractivity (Wildman–Crippen MR) is 72.7 cm³/mol. The Morgan fingerprint density at radius 3 is 2.82 bits per heavy atom. The van der Waals surface area contributed by atoms with E-state index in [4.69, 9.17) is 5.84 Å². The van der Waals surface area contributed by atoms with Crippen molar-refractivity contribution in [2.75, 3.05) is 0 Å². The van der Waals surface area contributed by atoms with Crippen LogP contribution in [0.4, 0.5) is 0 Å². The highest BCUT2D eigenvalue weighted by Crippen LogP contribution is 2.35. The van der Waals surface area contributed by atoms with Crippen LogP contribution in [-0.4, -0.2) is 6.04 Å². The molecule has 0 saturated heterocycles. The van der Waals surface area contributed by atoms with Gasteiger partial charge in [0.1, 0.15) is 0 Å². The number of hydrazine groups is 1. The van der Waals surface area contributed by atoms with Crippen molar-refractivity contribution < 1.29 is 0 Å². The Labute approximate surface area is 105 Å². The van der Waals surface area contributed by atoms with E-state index in [-0.39, 0.29) is 0 Å². The van der Waals surface area contributed by atoms with Gasteiger partial charge >= 0.3 is 0 Å². The summed E-state index contributed by atoms with van der Waals surface area (Å²) in [5, 5.41) is 0. The maximum absolute atomic E-state index is 5.66. The fourth-order valence-corrected chi connectivity index (χ4v) is 2.94. The van der Waals surface area contributed by atoms with E-state index in [1.165, 1.54) is 19.3 Å². The van der Waals surface area contributed by atoms with Gasteiger partial charge in [0, 0.05) is 6.04 Å². The topological polar surface area (TPSA) is 38.0 Å². The average Bonchev–Trinajstić information content (AvgIpc) is 2.35. The summed E-state index contributed by atoms with van der Waals surface area (Å²) in [6.45, 7) is 4.47. The number of benzene rings is 1. The Balaban J connectivity index is 2.13. The zero-order valence-corrected chi connectivity index (χ0v) is 10.9. The number of nitrogens with two attached hydrogens (primary N) is 1. The Bertz CT molecular complexity index is 360. The molecule has 3 N–H and O–H groups in total. The van der Waals surface area contributed by atoms with Crippen LogP contribution in [0.3, 0.4) is 0 Å². The van der Waals surface area contributed by atoms with Crippen molar-refractivity contribution >= 4 is 0 Å². The molecule has 1 aromatic rings. The van der Waals surface area contributed by atoms with Gasteiger partial charge in [0.2, 0.25) is 0 Å². The molecule has 2 nitrogen and oxygen atoms in total. The first kappa shape index (κ1) is 12.6. The maximum Gasteiger partial charge on any atom is 0.0239 e. The summed E-state index contributed by atoms with van der Waals surface area (Å²) >= 11 is 0.